The number of imide groups is 1. The van der Waals surface area contributed by atoms with Gasteiger partial charge < -0.3 is 15.2 Å². The molecule has 0 bridgehead atoms. The van der Waals surface area contributed by atoms with Gasteiger partial charge in [0.2, 0.25) is 5.56 Å². The van der Waals surface area contributed by atoms with Gasteiger partial charge in [0, 0.05) is 37.5 Å². The maximum absolute atomic E-state index is 12.5. The van der Waals surface area contributed by atoms with E-state index >= 15 is 0 Å². The number of nitrogens with one attached hydrogen (secondary N) is 2. The first-order chi connectivity index (χ1) is 10.8. The highest BCUT2D eigenvalue weighted by atomic mass is 16.2. The second-order valence-electron chi connectivity index (χ2n) is 6.08. The van der Waals surface area contributed by atoms with Crippen molar-refractivity contribution in [2.45, 2.75) is 25.3 Å². The molecule has 2 aliphatic rings. The number of H-pyrrole nitrogens is 1. The Labute approximate surface area is 132 Å². The third-order valence-corrected chi connectivity index (χ3v) is 4.49. The summed E-state index contributed by atoms with van der Waals surface area (Å²) in [6, 6.07) is 2.50. The minimum atomic E-state index is -0.896. The maximum Gasteiger partial charge on any atom is 0.324 e. The molecule has 1 spiro atoms. The second-order valence-corrected chi connectivity index (χ2v) is 6.08. The fourth-order valence-electron chi connectivity index (χ4n) is 3.17. The number of piperidine rings is 1. The minimum Gasteiger partial charge on any atom is -0.338 e. The highest BCUT2D eigenvalue weighted by Gasteiger charge is 2.51. The summed E-state index contributed by atoms with van der Waals surface area (Å²) in [5.41, 5.74) is -0.260. The largest absolute Gasteiger partial charge is 0.338 e. The van der Waals surface area contributed by atoms with Crippen molar-refractivity contribution >= 4 is 17.8 Å². The summed E-state index contributed by atoms with van der Waals surface area (Å²) >= 11 is 0. The summed E-state index contributed by atoms with van der Waals surface area (Å²) in [5, 5.41) is 2.73. The molecular weight excluding hydrogens is 300 g/mol. The van der Waals surface area contributed by atoms with Crippen LogP contribution in [-0.2, 0) is 4.79 Å². The SMILES string of the molecule is Cc1cc(C(=O)N2CCC3(CC2)NC(=O)N(C)C3=O)cc(=O)[nH]1. The maximum atomic E-state index is 12.5. The predicted molar refractivity (Wildman–Crippen MR) is 81.0 cm³/mol. The van der Waals surface area contributed by atoms with Crippen LogP contribution in [0.15, 0.2) is 16.9 Å². The number of amides is 4. The first kappa shape index (κ1) is 15.3. The number of pyridine rings is 1. The Kier molecular flexibility index (Phi) is 3.46. The highest BCUT2D eigenvalue weighted by Crippen LogP contribution is 2.29. The highest BCUT2D eigenvalue weighted by molar-refractivity contribution is 6.07. The number of carbonyl (C=O) groups excluding carboxylic acids is 3. The van der Waals surface area contributed by atoms with Gasteiger partial charge in [-0.2, -0.15) is 0 Å². The summed E-state index contributed by atoms with van der Waals surface area (Å²) in [6.45, 7) is 2.42. The standard InChI is InChI=1S/C15H18N4O4/c1-9-7-10(8-11(20)16-9)12(21)19-5-3-15(4-6-19)13(22)18(2)14(23)17-15/h7-8H,3-6H2,1-2H3,(H,16,20)(H,17,23). The molecule has 2 aliphatic heterocycles. The Morgan fingerprint density at radius 1 is 1.17 bits per heavy atom. The number of aryl methyl sites for hydroxylation is 1. The Hall–Kier alpha value is -2.64. The summed E-state index contributed by atoms with van der Waals surface area (Å²) < 4.78 is 0. The Bertz CT molecular complexity index is 746. The van der Waals surface area contributed by atoms with Crippen LogP contribution in [0, 0.1) is 6.92 Å². The molecule has 0 atom stereocenters. The molecular formula is C15H18N4O4. The number of likely N-dealkylation sites (tertiary alicyclic amines) is 1. The Morgan fingerprint density at radius 3 is 2.35 bits per heavy atom. The Balaban J connectivity index is 1.74. The van der Waals surface area contributed by atoms with Crippen LogP contribution in [0.4, 0.5) is 4.79 Å². The number of hydrogen-bond acceptors (Lipinski definition) is 4. The van der Waals surface area contributed by atoms with E-state index in [1.54, 1.807) is 17.9 Å². The number of aromatic nitrogens is 1. The third kappa shape index (κ3) is 2.49. The Morgan fingerprint density at radius 2 is 1.83 bits per heavy atom. The van der Waals surface area contributed by atoms with Crippen LogP contribution in [0.2, 0.25) is 0 Å². The summed E-state index contributed by atoms with van der Waals surface area (Å²) in [4.78, 5) is 53.2. The molecule has 1 aromatic heterocycles. The van der Waals surface area contributed by atoms with Gasteiger partial charge in [0.1, 0.15) is 5.54 Å². The molecule has 0 aliphatic carbocycles. The number of nitrogens with zero attached hydrogens (tertiary/aromatic N) is 2. The number of likely N-dealkylation sites (N-methyl/N-ethyl adjacent to an activating group) is 1. The van der Waals surface area contributed by atoms with E-state index in [-0.39, 0.29) is 17.4 Å². The fourth-order valence-corrected chi connectivity index (χ4v) is 3.17. The molecule has 2 fully saturated rings. The molecule has 4 amide bonds. The normalized spacial score (nSPS) is 20.1. The molecule has 8 nitrogen and oxygen atoms in total. The number of hydrogen-bond donors (Lipinski definition) is 2. The van der Waals surface area contributed by atoms with Crippen molar-refractivity contribution in [3.05, 3.63) is 33.7 Å². The van der Waals surface area contributed by atoms with Gasteiger partial charge in [-0.15, -0.1) is 0 Å². The summed E-state index contributed by atoms with van der Waals surface area (Å²) in [7, 11) is 1.45. The van der Waals surface area contributed by atoms with Crippen LogP contribution < -0.4 is 10.9 Å². The zero-order valence-electron chi connectivity index (χ0n) is 13.0. The van der Waals surface area contributed by atoms with E-state index in [0.717, 1.165) is 4.90 Å². The van der Waals surface area contributed by atoms with E-state index in [1.165, 1.54) is 13.1 Å². The molecule has 3 heterocycles. The van der Waals surface area contributed by atoms with E-state index in [9.17, 15) is 19.2 Å². The van der Waals surface area contributed by atoms with Crippen molar-refractivity contribution in [2.75, 3.05) is 20.1 Å². The molecule has 0 unspecified atom stereocenters. The van der Waals surface area contributed by atoms with Gasteiger partial charge >= 0.3 is 6.03 Å². The first-order valence-electron chi connectivity index (χ1n) is 7.43. The van der Waals surface area contributed by atoms with Crippen molar-refractivity contribution in [3.8, 4) is 0 Å². The molecule has 1 aromatic rings. The zero-order valence-corrected chi connectivity index (χ0v) is 13.0. The van der Waals surface area contributed by atoms with Gasteiger partial charge in [-0.1, -0.05) is 0 Å². The van der Waals surface area contributed by atoms with Gasteiger partial charge in [-0.25, -0.2) is 4.79 Å². The van der Waals surface area contributed by atoms with Crippen LogP contribution in [0.25, 0.3) is 0 Å². The molecule has 23 heavy (non-hydrogen) atoms. The lowest BCUT2D eigenvalue weighted by Crippen LogP contribution is -2.55. The smallest absolute Gasteiger partial charge is 0.324 e. The number of rotatable bonds is 1. The molecule has 8 heteroatoms. The summed E-state index contributed by atoms with van der Waals surface area (Å²) in [5.74, 6) is -0.485. The lowest BCUT2D eigenvalue weighted by Gasteiger charge is -2.37. The van der Waals surface area contributed by atoms with Crippen molar-refractivity contribution in [1.29, 1.82) is 0 Å². The molecule has 122 valence electrons. The predicted octanol–water partition coefficient (Wildman–Crippen LogP) is -0.160. The second kappa shape index (κ2) is 5.22. The van der Waals surface area contributed by atoms with E-state index in [2.05, 4.69) is 10.3 Å². The van der Waals surface area contributed by atoms with E-state index in [4.69, 9.17) is 0 Å². The van der Waals surface area contributed by atoms with Crippen LogP contribution in [-0.4, -0.2) is 58.3 Å². The van der Waals surface area contributed by atoms with Gasteiger partial charge in [-0.05, 0) is 25.8 Å². The zero-order chi connectivity index (χ0) is 16.8. The lowest BCUT2D eigenvalue weighted by atomic mass is 9.87. The fraction of sp³-hybridized carbons (Fsp3) is 0.467. The van der Waals surface area contributed by atoms with E-state index in [1.807, 2.05) is 0 Å². The topological polar surface area (TPSA) is 103 Å². The van der Waals surface area contributed by atoms with Crippen LogP contribution >= 0.6 is 0 Å². The molecule has 0 saturated carbocycles. The van der Waals surface area contributed by atoms with Crippen molar-refractivity contribution in [1.82, 2.24) is 20.1 Å². The van der Waals surface area contributed by atoms with Gasteiger partial charge in [0.15, 0.2) is 0 Å². The molecule has 0 radical (unpaired) electrons. The molecule has 3 rings (SSSR count). The van der Waals surface area contributed by atoms with Crippen molar-refractivity contribution in [2.24, 2.45) is 0 Å². The number of aromatic amines is 1. The van der Waals surface area contributed by atoms with Crippen molar-refractivity contribution < 1.29 is 14.4 Å². The van der Waals surface area contributed by atoms with Crippen LogP contribution in [0.1, 0.15) is 28.9 Å². The van der Waals surface area contributed by atoms with Gasteiger partial charge in [0.25, 0.3) is 11.8 Å². The van der Waals surface area contributed by atoms with E-state index in [0.29, 0.717) is 37.2 Å². The number of urea groups is 1. The average molecular weight is 318 g/mol. The molecule has 2 N–H and O–H groups in total. The number of carbonyl (C=O) groups is 3. The quantitative estimate of drug-likeness (QED) is 0.702. The minimum absolute atomic E-state index is 0.237. The van der Waals surface area contributed by atoms with Crippen molar-refractivity contribution in [3.63, 3.8) is 0 Å². The summed E-state index contributed by atoms with van der Waals surface area (Å²) in [6.07, 6.45) is 0.742. The van der Waals surface area contributed by atoms with Crippen LogP contribution in [0.3, 0.4) is 0 Å². The average Bonchev–Trinajstić information content (AvgIpc) is 2.71. The molecule has 0 aromatic carbocycles. The van der Waals surface area contributed by atoms with E-state index < -0.39 is 11.6 Å². The molecule has 2 saturated heterocycles. The third-order valence-electron chi connectivity index (χ3n) is 4.49. The lowest BCUT2D eigenvalue weighted by molar-refractivity contribution is -0.131. The monoisotopic (exact) mass is 318 g/mol. The van der Waals surface area contributed by atoms with Crippen LogP contribution in [0.5, 0.6) is 0 Å². The van der Waals surface area contributed by atoms with Gasteiger partial charge in [0.05, 0.1) is 0 Å². The van der Waals surface area contributed by atoms with Gasteiger partial charge in [-0.3, -0.25) is 19.3 Å². The first-order valence-corrected chi connectivity index (χ1v) is 7.43.